The van der Waals surface area contributed by atoms with Crippen molar-refractivity contribution in [2.45, 2.75) is 32.4 Å². The summed E-state index contributed by atoms with van der Waals surface area (Å²) in [5.74, 6) is -0.116. The zero-order valence-corrected chi connectivity index (χ0v) is 11.9. The van der Waals surface area contributed by atoms with Crippen molar-refractivity contribution in [1.29, 1.82) is 0 Å². The van der Waals surface area contributed by atoms with Crippen LogP contribution in [0.15, 0.2) is 12.1 Å². The van der Waals surface area contributed by atoms with Gasteiger partial charge in [-0.2, -0.15) is 0 Å². The van der Waals surface area contributed by atoms with Gasteiger partial charge in [0.1, 0.15) is 0 Å². The van der Waals surface area contributed by atoms with Gasteiger partial charge in [0.15, 0.2) is 11.5 Å². The molecule has 0 radical (unpaired) electrons. The topological polar surface area (TPSA) is 81.8 Å². The van der Waals surface area contributed by atoms with Crippen LogP contribution >= 0.6 is 11.6 Å². The number of benzene rings is 1. The fourth-order valence-corrected chi connectivity index (χ4v) is 2.00. The molecular formula is C13H18ClNO4. The third-order valence-corrected chi connectivity index (χ3v) is 2.78. The van der Waals surface area contributed by atoms with Crippen LogP contribution in [0.2, 0.25) is 5.02 Å². The van der Waals surface area contributed by atoms with E-state index in [0.29, 0.717) is 22.1 Å². The lowest BCUT2D eigenvalue weighted by Gasteiger charge is -2.21. The molecule has 0 spiro atoms. The first kappa shape index (κ1) is 15.6. The second kappa shape index (κ2) is 6.63. The van der Waals surface area contributed by atoms with E-state index in [-0.39, 0.29) is 12.5 Å². The molecule has 0 aliphatic carbocycles. The third kappa shape index (κ3) is 4.01. The maximum atomic E-state index is 10.8. The molecule has 0 aromatic heterocycles. The van der Waals surface area contributed by atoms with E-state index in [2.05, 4.69) is 0 Å². The van der Waals surface area contributed by atoms with Crippen molar-refractivity contribution >= 4 is 17.6 Å². The summed E-state index contributed by atoms with van der Waals surface area (Å²) in [6.45, 7) is 3.71. The van der Waals surface area contributed by atoms with Gasteiger partial charge in [-0.1, -0.05) is 11.6 Å². The van der Waals surface area contributed by atoms with E-state index in [1.165, 1.54) is 7.11 Å². The monoisotopic (exact) mass is 287 g/mol. The first-order valence-corrected chi connectivity index (χ1v) is 6.25. The number of carbonyl (C=O) groups is 1. The van der Waals surface area contributed by atoms with E-state index in [1.807, 2.05) is 13.8 Å². The Morgan fingerprint density at radius 1 is 1.47 bits per heavy atom. The number of aliphatic carboxylic acids is 1. The molecule has 6 heteroatoms. The number of hydrogen-bond acceptors (Lipinski definition) is 4. The Labute approximate surface area is 117 Å². The van der Waals surface area contributed by atoms with Crippen molar-refractivity contribution in [3.05, 3.63) is 22.7 Å². The van der Waals surface area contributed by atoms with Crippen molar-refractivity contribution in [2.24, 2.45) is 5.73 Å². The average Bonchev–Trinajstić information content (AvgIpc) is 2.27. The molecule has 1 atom stereocenters. The fourth-order valence-electron chi connectivity index (χ4n) is 1.71. The van der Waals surface area contributed by atoms with Crippen LogP contribution in [0.3, 0.4) is 0 Å². The molecule has 1 unspecified atom stereocenters. The highest BCUT2D eigenvalue weighted by atomic mass is 35.5. The van der Waals surface area contributed by atoms with Gasteiger partial charge in [-0.15, -0.1) is 0 Å². The van der Waals surface area contributed by atoms with Crippen molar-refractivity contribution in [1.82, 2.24) is 0 Å². The molecule has 0 saturated heterocycles. The molecule has 1 aromatic carbocycles. The van der Waals surface area contributed by atoms with Gasteiger partial charge in [-0.3, -0.25) is 4.79 Å². The second-order valence-electron chi connectivity index (χ2n) is 4.36. The first-order chi connectivity index (χ1) is 8.86. The molecule has 0 heterocycles. The Morgan fingerprint density at radius 3 is 2.58 bits per heavy atom. The van der Waals surface area contributed by atoms with Gasteiger partial charge < -0.3 is 20.3 Å². The number of rotatable bonds is 6. The molecule has 5 nitrogen and oxygen atoms in total. The summed E-state index contributed by atoms with van der Waals surface area (Å²) in [6, 6.07) is 2.52. The van der Waals surface area contributed by atoms with Crippen LogP contribution in [0.1, 0.15) is 31.9 Å². The molecule has 106 valence electrons. The standard InChI is InChI=1S/C13H18ClNO4/c1-7(2)19-13-10(18-3)5-4-8(14)12(13)9(15)6-11(16)17/h4-5,7,9H,6,15H2,1-3H3,(H,16,17). The number of methoxy groups -OCH3 is 1. The van der Waals surface area contributed by atoms with Gasteiger partial charge in [0.2, 0.25) is 0 Å². The van der Waals surface area contributed by atoms with Crippen LogP contribution in [0.5, 0.6) is 11.5 Å². The predicted octanol–water partition coefficient (Wildman–Crippen LogP) is 2.61. The first-order valence-electron chi connectivity index (χ1n) is 5.87. The summed E-state index contributed by atoms with van der Waals surface area (Å²) >= 11 is 6.11. The quantitative estimate of drug-likeness (QED) is 0.840. The van der Waals surface area contributed by atoms with Gasteiger partial charge in [-0.25, -0.2) is 0 Å². The summed E-state index contributed by atoms with van der Waals surface area (Å²) < 4.78 is 10.9. The summed E-state index contributed by atoms with van der Waals surface area (Å²) in [5, 5.41) is 9.21. The minimum Gasteiger partial charge on any atom is -0.493 e. The average molecular weight is 288 g/mol. The minimum absolute atomic E-state index is 0.108. The van der Waals surface area contributed by atoms with Crippen LogP contribution in [0.4, 0.5) is 0 Å². The Kier molecular flexibility index (Phi) is 5.44. The lowest BCUT2D eigenvalue weighted by molar-refractivity contribution is -0.137. The highest BCUT2D eigenvalue weighted by molar-refractivity contribution is 6.31. The maximum absolute atomic E-state index is 10.8. The number of nitrogens with two attached hydrogens (primary N) is 1. The second-order valence-corrected chi connectivity index (χ2v) is 4.77. The van der Waals surface area contributed by atoms with Gasteiger partial charge in [0.05, 0.1) is 19.6 Å². The summed E-state index contributed by atoms with van der Waals surface area (Å²) in [6.07, 6.45) is -0.343. The number of ether oxygens (including phenoxy) is 2. The third-order valence-electron chi connectivity index (χ3n) is 2.45. The van der Waals surface area contributed by atoms with Crippen molar-refractivity contribution < 1.29 is 19.4 Å². The SMILES string of the molecule is COc1ccc(Cl)c(C(N)CC(=O)O)c1OC(C)C. The number of carboxylic acids is 1. The molecule has 0 aliphatic heterocycles. The van der Waals surface area contributed by atoms with Crippen molar-refractivity contribution in [3.63, 3.8) is 0 Å². The normalized spacial score (nSPS) is 12.3. The zero-order chi connectivity index (χ0) is 14.6. The Morgan fingerprint density at radius 2 is 2.11 bits per heavy atom. The maximum Gasteiger partial charge on any atom is 0.305 e. The van der Waals surface area contributed by atoms with Crippen LogP contribution in [-0.4, -0.2) is 24.3 Å². The molecular weight excluding hydrogens is 270 g/mol. The number of halogens is 1. The molecule has 1 aromatic rings. The zero-order valence-electron chi connectivity index (χ0n) is 11.1. The lowest BCUT2D eigenvalue weighted by atomic mass is 10.0. The highest BCUT2D eigenvalue weighted by Crippen LogP contribution is 2.40. The van der Waals surface area contributed by atoms with Crippen LogP contribution in [0.25, 0.3) is 0 Å². The van der Waals surface area contributed by atoms with E-state index >= 15 is 0 Å². The van der Waals surface area contributed by atoms with Crippen LogP contribution in [0, 0.1) is 0 Å². The highest BCUT2D eigenvalue weighted by Gasteiger charge is 2.23. The Hall–Kier alpha value is -1.46. The molecule has 0 amide bonds. The molecule has 0 aliphatic rings. The minimum atomic E-state index is -0.998. The molecule has 0 fully saturated rings. The lowest BCUT2D eigenvalue weighted by Crippen LogP contribution is -2.18. The van der Waals surface area contributed by atoms with Gasteiger partial charge in [0.25, 0.3) is 0 Å². The van der Waals surface area contributed by atoms with Crippen molar-refractivity contribution in [2.75, 3.05) is 7.11 Å². The summed E-state index contributed by atoms with van der Waals surface area (Å²) in [7, 11) is 1.50. The molecule has 0 bridgehead atoms. The molecule has 1 rings (SSSR count). The van der Waals surface area contributed by atoms with Crippen molar-refractivity contribution in [3.8, 4) is 11.5 Å². The van der Waals surface area contributed by atoms with Crippen LogP contribution < -0.4 is 15.2 Å². The predicted molar refractivity (Wildman–Crippen MR) is 72.9 cm³/mol. The van der Waals surface area contributed by atoms with Crippen LogP contribution in [-0.2, 0) is 4.79 Å². The smallest absolute Gasteiger partial charge is 0.305 e. The molecule has 19 heavy (non-hydrogen) atoms. The van der Waals surface area contributed by atoms with E-state index in [9.17, 15) is 4.79 Å². The number of hydrogen-bond donors (Lipinski definition) is 2. The fraction of sp³-hybridized carbons (Fsp3) is 0.462. The Balaban J connectivity index is 3.28. The summed E-state index contributed by atoms with van der Waals surface area (Å²) in [4.78, 5) is 10.8. The summed E-state index contributed by atoms with van der Waals surface area (Å²) in [5.41, 5.74) is 6.35. The molecule has 3 N–H and O–H groups in total. The van der Waals surface area contributed by atoms with E-state index < -0.39 is 12.0 Å². The van der Waals surface area contributed by atoms with E-state index in [0.717, 1.165) is 0 Å². The van der Waals surface area contributed by atoms with E-state index in [4.69, 9.17) is 31.9 Å². The van der Waals surface area contributed by atoms with Gasteiger partial charge >= 0.3 is 5.97 Å². The largest absolute Gasteiger partial charge is 0.493 e. The Bertz CT molecular complexity index is 462. The van der Waals surface area contributed by atoms with E-state index in [1.54, 1.807) is 12.1 Å². The number of carboxylic acid groups (broad SMARTS) is 1. The molecule has 0 saturated carbocycles. The van der Waals surface area contributed by atoms with Gasteiger partial charge in [0, 0.05) is 16.6 Å². The van der Waals surface area contributed by atoms with Gasteiger partial charge in [-0.05, 0) is 26.0 Å².